The van der Waals surface area contributed by atoms with Gasteiger partial charge in [-0.25, -0.2) is 0 Å². The van der Waals surface area contributed by atoms with Crippen LogP contribution in [0.15, 0.2) is 24.3 Å². The van der Waals surface area contributed by atoms with Crippen LogP contribution in [0, 0.1) is 16.7 Å². The van der Waals surface area contributed by atoms with E-state index in [-0.39, 0.29) is 11.5 Å². The van der Waals surface area contributed by atoms with Gasteiger partial charge in [-0.2, -0.15) is 5.26 Å². The molecule has 0 bridgehead atoms. The summed E-state index contributed by atoms with van der Waals surface area (Å²) in [5, 5.41) is 19.2. The molecule has 0 saturated carbocycles. The summed E-state index contributed by atoms with van der Waals surface area (Å²) in [6.45, 7) is 11.9. The number of β-amino-alcohol motifs (C(OH)–C–C–N with tert-alkyl or cyclic N) is 1. The number of benzene rings is 1. The number of piperazine rings is 1. The predicted molar refractivity (Wildman–Crippen MR) is 88.3 cm³/mol. The van der Waals surface area contributed by atoms with Crippen LogP contribution in [0.1, 0.15) is 31.9 Å². The van der Waals surface area contributed by atoms with Gasteiger partial charge in [0.15, 0.2) is 0 Å². The lowest BCUT2D eigenvalue weighted by molar-refractivity contribution is 0.0126. The van der Waals surface area contributed by atoms with E-state index in [0.717, 1.165) is 44.8 Å². The van der Waals surface area contributed by atoms with Crippen LogP contribution in [0.5, 0.6) is 0 Å². The average Bonchev–Trinajstić information content (AvgIpc) is 2.48. The molecular formula is C18H27N3O. The Morgan fingerprint density at radius 1 is 1.18 bits per heavy atom. The quantitative estimate of drug-likeness (QED) is 0.925. The van der Waals surface area contributed by atoms with Crippen LogP contribution in [0.25, 0.3) is 0 Å². The maximum absolute atomic E-state index is 10.2. The number of hydrogen-bond donors (Lipinski definition) is 1. The first-order valence-electron chi connectivity index (χ1n) is 8.00. The Morgan fingerprint density at radius 2 is 1.82 bits per heavy atom. The maximum Gasteiger partial charge on any atom is 0.0991 e. The maximum atomic E-state index is 10.2. The van der Waals surface area contributed by atoms with Crippen molar-refractivity contribution < 1.29 is 5.11 Å². The Labute approximate surface area is 134 Å². The lowest BCUT2D eigenvalue weighted by Crippen LogP contribution is -2.49. The standard InChI is InChI=1S/C18H27N3O/c1-18(2,3)17(22)14-21-9-7-20(8-10-21)13-16-6-4-5-15(11-16)12-19/h4-6,11,17,22H,7-10,13-14H2,1-3H3. The molecule has 1 aromatic carbocycles. The molecule has 0 radical (unpaired) electrons. The summed E-state index contributed by atoms with van der Waals surface area (Å²) >= 11 is 0. The minimum Gasteiger partial charge on any atom is -0.391 e. The number of aliphatic hydroxyl groups is 1. The van der Waals surface area contributed by atoms with Crippen molar-refractivity contribution in [3.8, 4) is 6.07 Å². The van der Waals surface area contributed by atoms with Gasteiger partial charge in [0, 0.05) is 39.3 Å². The summed E-state index contributed by atoms with van der Waals surface area (Å²) in [6, 6.07) is 10.0. The van der Waals surface area contributed by atoms with Crippen molar-refractivity contribution in [3.05, 3.63) is 35.4 Å². The second-order valence-electron chi connectivity index (χ2n) is 7.27. The highest BCUT2D eigenvalue weighted by Crippen LogP contribution is 2.20. The van der Waals surface area contributed by atoms with E-state index >= 15 is 0 Å². The van der Waals surface area contributed by atoms with Crippen molar-refractivity contribution in [1.29, 1.82) is 5.26 Å². The summed E-state index contributed by atoms with van der Waals surface area (Å²) in [6.07, 6.45) is -0.286. The molecule has 1 heterocycles. The minimum atomic E-state index is -0.286. The number of nitrogens with zero attached hydrogens (tertiary/aromatic N) is 3. The second kappa shape index (κ2) is 7.23. The molecule has 4 heteroatoms. The van der Waals surface area contributed by atoms with Gasteiger partial charge in [0.05, 0.1) is 17.7 Å². The third-order valence-corrected chi connectivity index (χ3v) is 4.36. The van der Waals surface area contributed by atoms with Crippen molar-refractivity contribution >= 4 is 0 Å². The number of rotatable bonds is 4. The van der Waals surface area contributed by atoms with Gasteiger partial charge in [-0.1, -0.05) is 32.9 Å². The van der Waals surface area contributed by atoms with Gasteiger partial charge < -0.3 is 5.11 Å². The predicted octanol–water partition coefficient (Wildman–Crippen LogP) is 2.08. The van der Waals surface area contributed by atoms with Crippen LogP contribution in [0.3, 0.4) is 0 Å². The first-order valence-corrected chi connectivity index (χ1v) is 8.00. The van der Waals surface area contributed by atoms with Crippen LogP contribution < -0.4 is 0 Å². The van der Waals surface area contributed by atoms with Gasteiger partial charge in [0.25, 0.3) is 0 Å². The first-order chi connectivity index (χ1) is 10.4. The van der Waals surface area contributed by atoms with Crippen molar-refractivity contribution in [2.45, 2.75) is 33.4 Å². The van der Waals surface area contributed by atoms with E-state index in [1.165, 1.54) is 5.56 Å². The molecule has 0 aromatic heterocycles. The van der Waals surface area contributed by atoms with Crippen LogP contribution in [0.2, 0.25) is 0 Å². The van der Waals surface area contributed by atoms with Gasteiger partial charge in [0.2, 0.25) is 0 Å². The molecule has 1 fully saturated rings. The van der Waals surface area contributed by atoms with Gasteiger partial charge in [-0.15, -0.1) is 0 Å². The Bertz CT molecular complexity index is 522. The minimum absolute atomic E-state index is 0.0606. The lowest BCUT2D eigenvalue weighted by Gasteiger charge is -2.38. The highest BCUT2D eigenvalue weighted by atomic mass is 16.3. The van der Waals surface area contributed by atoms with Gasteiger partial charge in [0.1, 0.15) is 0 Å². The molecule has 0 amide bonds. The zero-order valence-corrected chi connectivity index (χ0v) is 13.9. The van der Waals surface area contributed by atoms with E-state index in [1.807, 2.05) is 18.2 Å². The largest absolute Gasteiger partial charge is 0.391 e. The molecule has 1 saturated heterocycles. The third-order valence-electron chi connectivity index (χ3n) is 4.36. The summed E-state index contributed by atoms with van der Waals surface area (Å²) in [5.41, 5.74) is 1.86. The third kappa shape index (κ3) is 4.81. The topological polar surface area (TPSA) is 50.5 Å². The fourth-order valence-electron chi connectivity index (χ4n) is 2.65. The molecule has 1 atom stereocenters. The zero-order chi connectivity index (χ0) is 16.2. The SMILES string of the molecule is CC(C)(C)C(O)CN1CCN(Cc2cccc(C#N)c2)CC1. The number of hydrogen-bond acceptors (Lipinski definition) is 4. The molecule has 4 nitrogen and oxygen atoms in total. The van der Waals surface area contributed by atoms with E-state index in [0.29, 0.717) is 0 Å². The Kier molecular flexibility index (Phi) is 5.57. The van der Waals surface area contributed by atoms with Crippen LogP contribution >= 0.6 is 0 Å². The van der Waals surface area contributed by atoms with Crippen molar-refractivity contribution in [1.82, 2.24) is 9.80 Å². The smallest absolute Gasteiger partial charge is 0.0991 e. The van der Waals surface area contributed by atoms with E-state index in [2.05, 4.69) is 42.7 Å². The molecule has 22 heavy (non-hydrogen) atoms. The second-order valence-corrected chi connectivity index (χ2v) is 7.27. The van der Waals surface area contributed by atoms with Crippen molar-refractivity contribution in [2.24, 2.45) is 5.41 Å². The molecule has 1 aliphatic rings. The van der Waals surface area contributed by atoms with Crippen LogP contribution in [-0.4, -0.2) is 53.7 Å². The molecule has 1 aromatic rings. The average molecular weight is 301 g/mol. The molecular weight excluding hydrogens is 274 g/mol. The monoisotopic (exact) mass is 301 g/mol. The fraction of sp³-hybridized carbons (Fsp3) is 0.611. The van der Waals surface area contributed by atoms with E-state index in [1.54, 1.807) is 0 Å². The van der Waals surface area contributed by atoms with Crippen molar-refractivity contribution in [3.63, 3.8) is 0 Å². The van der Waals surface area contributed by atoms with Crippen molar-refractivity contribution in [2.75, 3.05) is 32.7 Å². The summed E-state index contributed by atoms with van der Waals surface area (Å²) in [7, 11) is 0. The molecule has 1 aliphatic heterocycles. The molecule has 0 spiro atoms. The number of nitriles is 1. The van der Waals surface area contributed by atoms with E-state index in [9.17, 15) is 5.11 Å². The Balaban J connectivity index is 1.81. The van der Waals surface area contributed by atoms with Gasteiger partial charge in [-0.3, -0.25) is 9.80 Å². The van der Waals surface area contributed by atoms with Gasteiger partial charge in [-0.05, 0) is 23.1 Å². The Morgan fingerprint density at radius 3 is 2.41 bits per heavy atom. The zero-order valence-electron chi connectivity index (χ0n) is 13.9. The van der Waals surface area contributed by atoms with E-state index in [4.69, 9.17) is 5.26 Å². The molecule has 0 aliphatic carbocycles. The molecule has 2 rings (SSSR count). The lowest BCUT2D eigenvalue weighted by atomic mass is 9.89. The normalized spacial score (nSPS) is 18.9. The van der Waals surface area contributed by atoms with Gasteiger partial charge >= 0.3 is 0 Å². The van der Waals surface area contributed by atoms with Crippen LogP contribution in [0.4, 0.5) is 0 Å². The Hall–Kier alpha value is -1.41. The van der Waals surface area contributed by atoms with E-state index < -0.39 is 0 Å². The number of aliphatic hydroxyl groups excluding tert-OH is 1. The molecule has 1 N–H and O–H groups in total. The first kappa shape index (κ1) is 17.0. The summed E-state index contributed by atoms with van der Waals surface area (Å²) in [5.74, 6) is 0. The molecule has 1 unspecified atom stereocenters. The van der Waals surface area contributed by atoms with Crippen LogP contribution in [-0.2, 0) is 6.54 Å². The highest BCUT2D eigenvalue weighted by Gasteiger charge is 2.26. The fourth-order valence-corrected chi connectivity index (χ4v) is 2.65. The molecule has 120 valence electrons. The summed E-state index contributed by atoms with van der Waals surface area (Å²) in [4.78, 5) is 4.76. The highest BCUT2D eigenvalue weighted by molar-refractivity contribution is 5.32. The summed E-state index contributed by atoms with van der Waals surface area (Å²) < 4.78 is 0.